The average Bonchev–Trinajstić information content (AvgIpc) is 2.96. The van der Waals surface area contributed by atoms with Crippen molar-refractivity contribution in [2.24, 2.45) is 5.41 Å². The maximum absolute atomic E-state index is 12.6. The van der Waals surface area contributed by atoms with Crippen LogP contribution in [0.15, 0.2) is 18.5 Å². The van der Waals surface area contributed by atoms with E-state index in [1.54, 1.807) is 23.4 Å². The maximum Gasteiger partial charge on any atom is 0.291 e. The van der Waals surface area contributed by atoms with E-state index in [0.717, 1.165) is 19.1 Å². The van der Waals surface area contributed by atoms with Crippen molar-refractivity contribution in [3.05, 3.63) is 24.3 Å². The molecular weight excluding hydrogens is 332 g/mol. The van der Waals surface area contributed by atoms with Crippen LogP contribution in [0.4, 0.5) is 0 Å². The lowest BCUT2D eigenvalue weighted by Crippen LogP contribution is -2.52. The minimum absolute atomic E-state index is 0.0691. The Balaban J connectivity index is 1.71. The zero-order chi connectivity index (χ0) is 17.2. The van der Waals surface area contributed by atoms with Crippen molar-refractivity contribution in [2.75, 3.05) is 32.5 Å². The molecule has 0 bridgehead atoms. The van der Waals surface area contributed by atoms with E-state index in [-0.39, 0.29) is 23.3 Å². The number of piperidine rings is 1. The number of rotatable bonds is 5. The normalized spacial score (nSPS) is 27.0. The average molecular weight is 354 g/mol. The Kier molecular flexibility index (Phi) is 4.84. The van der Waals surface area contributed by atoms with Crippen LogP contribution in [0.3, 0.4) is 0 Å². The number of nitrogens with zero attached hydrogens (tertiary/aromatic N) is 3. The van der Waals surface area contributed by atoms with Crippen LogP contribution in [0, 0.1) is 5.41 Å². The number of fused-ring (bicyclic) bond motifs is 1. The number of sulfonamides is 1. The van der Waals surface area contributed by atoms with Gasteiger partial charge >= 0.3 is 0 Å². The van der Waals surface area contributed by atoms with Gasteiger partial charge in [-0.05, 0) is 25.3 Å². The lowest BCUT2D eigenvalue weighted by molar-refractivity contribution is -0.0161. The number of nitrogens with one attached hydrogen (secondary N) is 1. The second-order valence-corrected chi connectivity index (χ2v) is 8.31. The van der Waals surface area contributed by atoms with E-state index in [2.05, 4.69) is 14.7 Å². The molecule has 0 radical (unpaired) electrons. The molecule has 2 aliphatic heterocycles. The van der Waals surface area contributed by atoms with Crippen LogP contribution in [-0.4, -0.2) is 67.8 Å². The van der Waals surface area contributed by atoms with E-state index in [0.29, 0.717) is 32.7 Å². The van der Waals surface area contributed by atoms with Crippen LogP contribution in [0.5, 0.6) is 0 Å². The van der Waals surface area contributed by atoms with Crippen molar-refractivity contribution in [3.63, 3.8) is 0 Å². The van der Waals surface area contributed by atoms with Gasteiger partial charge in [0.25, 0.3) is 5.91 Å². The van der Waals surface area contributed by atoms with Crippen LogP contribution in [0.1, 0.15) is 29.9 Å². The third-order valence-corrected chi connectivity index (χ3v) is 5.53. The Morgan fingerprint density at radius 1 is 1.46 bits per heavy atom. The van der Waals surface area contributed by atoms with Gasteiger partial charge < -0.3 is 9.64 Å². The van der Waals surface area contributed by atoms with E-state index in [1.165, 1.54) is 0 Å². The summed E-state index contributed by atoms with van der Waals surface area (Å²) in [7, 11) is -3.22. The summed E-state index contributed by atoms with van der Waals surface area (Å²) >= 11 is 0. The molecule has 24 heavy (non-hydrogen) atoms. The number of ether oxygens (including phenoxy) is 1. The molecule has 1 N–H and O–H groups in total. The SMILES string of the molecule is CS(=O)(=O)NCC[C@]12CCO[C@H]1CCN(C(=O)c1ncccn1)C2. The monoisotopic (exact) mass is 354 g/mol. The van der Waals surface area contributed by atoms with Gasteiger partial charge in [-0.25, -0.2) is 23.1 Å². The summed E-state index contributed by atoms with van der Waals surface area (Å²) in [5, 5.41) is 0. The second kappa shape index (κ2) is 6.73. The van der Waals surface area contributed by atoms with Crippen LogP contribution in [0.2, 0.25) is 0 Å². The van der Waals surface area contributed by atoms with Gasteiger partial charge in [0.15, 0.2) is 0 Å². The quantitative estimate of drug-likeness (QED) is 0.801. The van der Waals surface area contributed by atoms with Crippen LogP contribution >= 0.6 is 0 Å². The van der Waals surface area contributed by atoms with Gasteiger partial charge in [-0.3, -0.25) is 4.79 Å². The van der Waals surface area contributed by atoms with Crippen molar-refractivity contribution < 1.29 is 17.9 Å². The molecule has 0 aromatic carbocycles. The lowest BCUT2D eigenvalue weighted by atomic mass is 9.74. The van der Waals surface area contributed by atoms with Crippen molar-refractivity contribution in [1.82, 2.24) is 19.6 Å². The van der Waals surface area contributed by atoms with Crippen molar-refractivity contribution in [2.45, 2.75) is 25.4 Å². The van der Waals surface area contributed by atoms with Gasteiger partial charge in [-0.1, -0.05) is 0 Å². The fraction of sp³-hybridized carbons (Fsp3) is 0.667. The summed E-state index contributed by atoms with van der Waals surface area (Å²) in [5.41, 5.74) is -0.208. The molecule has 0 saturated carbocycles. The lowest BCUT2D eigenvalue weighted by Gasteiger charge is -2.43. The zero-order valence-electron chi connectivity index (χ0n) is 13.6. The molecule has 1 aromatic rings. The van der Waals surface area contributed by atoms with Crippen molar-refractivity contribution in [3.8, 4) is 0 Å². The number of likely N-dealkylation sites (tertiary alicyclic amines) is 1. The van der Waals surface area contributed by atoms with E-state index in [9.17, 15) is 13.2 Å². The summed E-state index contributed by atoms with van der Waals surface area (Å²) < 4.78 is 31.0. The first-order chi connectivity index (χ1) is 11.4. The molecule has 2 aliphatic rings. The van der Waals surface area contributed by atoms with E-state index >= 15 is 0 Å². The molecule has 0 aliphatic carbocycles. The minimum Gasteiger partial charge on any atom is -0.377 e. The molecule has 9 heteroatoms. The van der Waals surface area contributed by atoms with Gasteiger partial charge in [0, 0.05) is 44.0 Å². The van der Waals surface area contributed by atoms with E-state index in [4.69, 9.17) is 4.74 Å². The van der Waals surface area contributed by atoms with Gasteiger partial charge in [-0.15, -0.1) is 0 Å². The molecule has 3 heterocycles. The summed E-state index contributed by atoms with van der Waals surface area (Å²) in [6.45, 7) is 2.14. The molecule has 2 saturated heterocycles. The Morgan fingerprint density at radius 2 is 2.21 bits per heavy atom. The molecular formula is C15H22N4O4S. The predicted molar refractivity (Wildman–Crippen MR) is 86.8 cm³/mol. The number of aromatic nitrogens is 2. The number of carbonyl (C=O) groups excluding carboxylic acids is 1. The van der Waals surface area contributed by atoms with Crippen molar-refractivity contribution >= 4 is 15.9 Å². The molecule has 8 nitrogen and oxygen atoms in total. The van der Waals surface area contributed by atoms with Gasteiger partial charge in [0.1, 0.15) is 0 Å². The van der Waals surface area contributed by atoms with E-state index in [1.807, 2.05) is 0 Å². The predicted octanol–water partition coefficient (Wildman–Crippen LogP) is 0.0371. The largest absolute Gasteiger partial charge is 0.377 e. The van der Waals surface area contributed by atoms with Crippen LogP contribution < -0.4 is 4.72 Å². The number of hydrogen-bond donors (Lipinski definition) is 1. The van der Waals surface area contributed by atoms with Gasteiger partial charge in [-0.2, -0.15) is 0 Å². The van der Waals surface area contributed by atoms with E-state index < -0.39 is 10.0 Å². The third-order valence-electron chi connectivity index (χ3n) is 4.80. The Morgan fingerprint density at radius 3 is 2.92 bits per heavy atom. The number of carbonyl (C=O) groups is 1. The summed E-state index contributed by atoms with van der Waals surface area (Å²) in [6.07, 6.45) is 6.54. The molecule has 0 spiro atoms. The molecule has 132 valence electrons. The molecule has 3 rings (SSSR count). The highest BCUT2D eigenvalue weighted by Crippen LogP contribution is 2.43. The standard InChI is InChI=1S/C15H22N4O4S/c1-24(21,22)18-8-4-15-5-10-23-12(15)3-9-19(11-15)14(20)13-16-6-2-7-17-13/h2,6-7,12,18H,3-5,8-11H2,1H3/t12-,15+/m0/s1. The van der Waals surface area contributed by atoms with Crippen LogP contribution in [0.25, 0.3) is 0 Å². The molecule has 1 amide bonds. The summed E-state index contributed by atoms with van der Waals surface area (Å²) in [4.78, 5) is 22.4. The smallest absolute Gasteiger partial charge is 0.291 e. The maximum atomic E-state index is 12.6. The molecule has 2 fully saturated rings. The third kappa shape index (κ3) is 3.73. The second-order valence-electron chi connectivity index (χ2n) is 6.48. The van der Waals surface area contributed by atoms with Crippen LogP contribution in [-0.2, 0) is 14.8 Å². The number of amides is 1. The van der Waals surface area contributed by atoms with Gasteiger partial charge in [0.05, 0.1) is 12.4 Å². The van der Waals surface area contributed by atoms with Gasteiger partial charge in [0.2, 0.25) is 15.8 Å². The molecule has 2 atom stereocenters. The van der Waals surface area contributed by atoms with Crippen molar-refractivity contribution in [1.29, 1.82) is 0 Å². The highest BCUT2D eigenvalue weighted by atomic mass is 32.2. The fourth-order valence-corrected chi connectivity index (χ4v) is 4.09. The highest BCUT2D eigenvalue weighted by Gasteiger charge is 2.48. The molecule has 0 unspecified atom stereocenters. The fourth-order valence-electron chi connectivity index (χ4n) is 3.62. The number of hydrogen-bond acceptors (Lipinski definition) is 6. The first-order valence-corrected chi connectivity index (χ1v) is 9.91. The molecule has 1 aromatic heterocycles. The Hall–Kier alpha value is -1.58. The Bertz CT molecular complexity index is 697. The summed E-state index contributed by atoms with van der Waals surface area (Å²) in [6, 6.07) is 1.67. The Labute approximate surface area is 141 Å². The minimum atomic E-state index is -3.22. The first-order valence-electron chi connectivity index (χ1n) is 8.02. The first kappa shape index (κ1) is 17.2. The summed E-state index contributed by atoms with van der Waals surface area (Å²) in [5.74, 6) is 0.00988. The topological polar surface area (TPSA) is 101 Å². The zero-order valence-corrected chi connectivity index (χ0v) is 14.5. The highest BCUT2D eigenvalue weighted by molar-refractivity contribution is 7.88.